The SMILES string of the molecule is O=C(O)N(CCc1ccc(Br)cc1)C[C@H](O)c1cccc(Cl)c1. The summed E-state index contributed by atoms with van der Waals surface area (Å²) in [4.78, 5) is 12.6. The molecule has 2 rings (SSSR count). The van der Waals surface area contributed by atoms with Gasteiger partial charge >= 0.3 is 6.09 Å². The summed E-state index contributed by atoms with van der Waals surface area (Å²) >= 11 is 9.26. The monoisotopic (exact) mass is 397 g/mol. The van der Waals surface area contributed by atoms with E-state index in [-0.39, 0.29) is 6.54 Å². The molecule has 0 radical (unpaired) electrons. The van der Waals surface area contributed by atoms with Gasteiger partial charge in [0.15, 0.2) is 0 Å². The molecule has 0 saturated carbocycles. The summed E-state index contributed by atoms with van der Waals surface area (Å²) in [6.07, 6.45) is -1.38. The van der Waals surface area contributed by atoms with Gasteiger partial charge in [-0.3, -0.25) is 0 Å². The van der Waals surface area contributed by atoms with Crippen molar-refractivity contribution in [3.05, 3.63) is 69.2 Å². The molecule has 1 atom stereocenters. The number of carboxylic acid groups (broad SMARTS) is 1. The Labute approximate surface area is 148 Å². The summed E-state index contributed by atoms with van der Waals surface area (Å²) in [5.41, 5.74) is 1.64. The maximum absolute atomic E-state index is 11.4. The summed E-state index contributed by atoms with van der Waals surface area (Å²) in [5, 5.41) is 20.1. The normalized spacial score (nSPS) is 12.0. The lowest BCUT2D eigenvalue weighted by molar-refractivity contribution is 0.0973. The first kappa shape index (κ1) is 17.8. The topological polar surface area (TPSA) is 60.8 Å². The molecule has 23 heavy (non-hydrogen) atoms. The van der Waals surface area contributed by atoms with Crippen LogP contribution in [0.5, 0.6) is 0 Å². The number of rotatable bonds is 6. The first-order chi connectivity index (χ1) is 11.0. The van der Waals surface area contributed by atoms with Crippen molar-refractivity contribution in [2.45, 2.75) is 12.5 Å². The number of nitrogens with zero attached hydrogens (tertiary/aromatic N) is 1. The molecule has 0 fully saturated rings. The van der Waals surface area contributed by atoms with Crippen molar-refractivity contribution >= 4 is 33.6 Å². The maximum atomic E-state index is 11.4. The lowest BCUT2D eigenvalue weighted by Crippen LogP contribution is -2.35. The molecule has 0 heterocycles. The lowest BCUT2D eigenvalue weighted by Gasteiger charge is -2.23. The van der Waals surface area contributed by atoms with Gasteiger partial charge in [-0.15, -0.1) is 0 Å². The average molecular weight is 399 g/mol. The van der Waals surface area contributed by atoms with Crippen LogP contribution in [0.15, 0.2) is 53.0 Å². The quantitative estimate of drug-likeness (QED) is 0.760. The molecule has 2 N–H and O–H groups in total. The molecule has 0 bridgehead atoms. The van der Waals surface area contributed by atoms with Crippen molar-refractivity contribution in [1.29, 1.82) is 0 Å². The summed E-state index contributed by atoms with van der Waals surface area (Å²) in [7, 11) is 0. The summed E-state index contributed by atoms with van der Waals surface area (Å²) in [5.74, 6) is 0. The highest BCUT2D eigenvalue weighted by Gasteiger charge is 2.18. The minimum absolute atomic E-state index is 0.00615. The zero-order valence-corrected chi connectivity index (χ0v) is 14.7. The van der Waals surface area contributed by atoms with Gasteiger partial charge in [0, 0.05) is 16.0 Å². The van der Waals surface area contributed by atoms with E-state index < -0.39 is 12.2 Å². The van der Waals surface area contributed by atoms with E-state index in [2.05, 4.69) is 15.9 Å². The summed E-state index contributed by atoms with van der Waals surface area (Å²) in [6, 6.07) is 14.5. The van der Waals surface area contributed by atoms with Crippen LogP contribution >= 0.6 is 27.5 Å². The van der Waals surface area contributed by atoms with Gasteiger partial charge in [0.25, 0.3) is 0 Å². The van der Waals surface area contributed by atoms with Crippen LogP contribution in [-0.4, -0.2) is 34.3 Å². The molecule has 2 aromatic rings. The van der Waals surface area contributed by atoms with Crippen LogP contribution in [0.3, 0.4) is 0 Å². The molecule has 0 saturated heterocycles. The molecule has 0 aliphatic heterocycles. The number of aliphatic hydroxyl groups is 1. The number of carbonyl (C=O) groups is 1. The summed E-state index contributed by atoms with van der Waals surface area (Å²) in [6.45, 7) is 0.320. The smallest absolute Gasteiger partial charge is 0.407 e. The fourth-order valence-electron chi connectivity index (χ4n) is 2.21. The first-order valence-electron chi connectivity index (χ1n) is 7.11. The summed E-state index contributed by atoms with van der Waals surface area (Å²) < 4.78 is 0.979. The molecule has 4 nitrogen and oxygen atoms in total. The second-order valence-corrected chi connectivity index (χ2v) is 6.53. The fourth-order valence-corrected chi connectivity index (χ4v) is 2.67. The Morgan fingerprint density at radius 3 is 2.52 bits per heavy atom. The molecule has 1 amide bonds. The van der Waals surface area contributed by atoms with Gasteiger partial charge in [-0.2, -0.15) is 0 Å². The number of aliphatic hydroxyl groups excluding tert-OH is 1. The molecule has 0 unspecified atom stereocenters. The Kier molecular flexibility index (Phi) is 6.45. The molecule has 0 aliphatic carbocycles. The van der Waals surface area contributed by atoms with Crippen molar-refractivity contribution in [2.75, 3.05) is 13.1 Å². The minimum atomic E-state index is -1.05. The van der Waals surface area contributed by atoms with Crippen LogP contribution in [0.4, 0.5) is 4.79 Å². The molecule has 122 valence electrons. The number of amides is 1. The number of halogens is 2. The first-order valence-corrected chi connectivity index (χ1v) is 8.28. The van der Waals surface area contributed by atoms with Crippen molar-refractivity contribution in [3.63, 3.8) is 0 Å². The molecular weight excluding hydrogens is 382 g/mol. The highest BCUT2D eigenvalue weighted by Crippen LogP contribution is 2.19. The zero-order chi connectivity index (χ0) is 16.8. The predicted octanol–water partition coefficient (Wildman–Crippen LogP) is 4.36. The third kappa shape index (κ3) is 5.53. The third-order valence-electron chi connectivity index (χ3n) is 3.48. The van der Waals surface area contributed by atoms with Crippen molar-refractivity contribution in [2.24, 2.45) is 0 Å². The van der Waals surface area contributed by atoms with Crippen LogP contribution in [0.1, 0.15) is 17.2 Å². The maximum Gasteiger partial charge on any atom is 0.407 e. The van der Waals surface area contributed by atoms with Gasteiger partial charge in [-0.05, 0) is 41.8 Å². The van der Waals surface area contributed by atoms with Crippen LogP contribution in [-0.2, 0) is 6.42 Å². The minimum Gasteiger partial charge on any atom is -0.465 e. The van der Waals surface area contributed by atoms with Gasteiger partial charge in [0.1, 0.15) is 0 Å². The highest BCUT2D eigenvalue weighted by atomic mass is 79.9. The van der Waals surface area contributed by atoms with Crippen molar-refractivity contribution < 1.29 is 15.0 Å². The number of benzene rings is 2. The van der Waals surface area contributed by atoms with Crippen LogP contribution in [0, 0.1) is 0 Å². The van der Waals surface area contributed by atoms with E-state index >= 15 is 0 Å². The van der Waals surface area contributed by atoms with Crippen LogP contribution < -0.4 is 0 Å². The Balaban J connectivity index is 1.98. The second kappa shape index (κ2) is 8.34. The molecule has 0 spiro atoms. The Morgan fingerprint density at radius 1 is 1.22 bits per heavy atom. The average Bonchev–Trinajstić information content (AvgIpc) is 2.52. The Morgan fingerprint density at radius 2 is 1.91 bits per heavy atom. The Bertz CT molecular complexity index is 663. The van der Waals surface area contributed by atoms with Crippen LogP contribution in [0.2, 0.25) is 5.02 Å². The fraction of sp³-hybridized carbons (Fsp3) is 0.235. The van der Waals surface area contributed by atoms with E-state index in [0.29, 0.717) is 23.6 Å². The van der Waals surface area contributed by atoms with Gasteiger partial charge in [-0.1, -0.05) is 51.8 Å². The standard InChI is InChI=1S/C17H17BrClNO3/c18-14-6-4-12(5-7-14)8-9-20(17(22)23)11-16(21)13-2-1-3-15(19)10-13/h1-7,10,16,21H,8-9,11H2,(H,22,23)/t16-/m0/s1. The zero-order valence-electron chi connectivity index (χ0n) is 12.3. The van der Waals surface area contributed by atoms with E-state index in [9.17, 15) is 15.0 Å². The predicted molar refractivity (Wildman–Crippen MR) is 93.9 cm³/mol. The van der Waals surface area contributed by atoms with Gasteiger partial charge in [0.05, 0.1) is 12.6 Å². The van der Waals surface area contributed by atoms with E-state index in [1.54, 1.807) is 24.3 Å². The van der Waals surface area contributed by atoms with E-state index in [1.807, 2.05) is 24.3 Å². The van der Waals surface area contributed by atoms with Gasteiger partial charge in [-0.25, -0.2) is 4.79 Å². The molecule has 0 aromatic heterocycles. The van der Waals surface area contributed by atoms with E-state index in [4.69, 9.17) is 11.6 Å². The van der Waals surface area contributed by atoms with Crippen molar-refractivity contribution in [3.8, 4) is 0 Å². The molecule has 0 aliphatic rings. The molecular formula is C17H17BrClNO3. The van der Waals surface area contributed by atoms with Crippen LogP contribution in [0.25, 0.3) is 0 Å². The number of hydrogen-bond acceptors (Lipinski definition) is 2. The number of hydrogen-bond donors (Lipinski definition) is 2. The largest absolute Gasteiger partial charge is 0.465 e. The third-order valence-corrected chi connectivity index (χ3v) is 4.24. The van der Waals surface area contributed by atoms with Gasteiger partial charge in [0.2, 0.25) is 0 Å². The van der Waals surface area contributed by atoms with E-state index in [0.717, 1.165) is 10.0 Å². The highest BCUT2D eigenvalue weighted by molar-refractivity contribution is 9.10. The molecule has 2 aromatic carbocycles. The Hall–Kier alpha value is -1.56. The van der Waals surface area contributed by atoms with Gasteiger partial charge < -0.3 is 15.1 Å². The second-order valence-electron chi connectivity index (χ2n) is 5.18. The lowest BCUT2D eigenvalue weighted by atomic mass is 10.1. The van der Waals surface area contributed by atoms with E-state index in [1.165, 1.54) is 4.90 Å². The molecule has 6 heteroatoms. The van der Waals surface area contributed by atoms with Crippen molar-refractivity contribution in [1.82, 2.24) is 4.90 Å².